The number of amides is 1. The third kappa shape index (κ3) is 4.54. The molecular formula is C18H21BrN2O3S2. The van der Waals surface area contributed by atoms with E-state index in [2.05, 4.69) is 33.4 Å². The number of benzene rings is 1. The molecule has 3 rings (SSSR count). The second kappa shape index (κ2) is 8.65. The standard InChI is InChI=1S/C18H21BrN2O3S2/c19-15-7-1-5-14(13-15)6-2-10-20-18(22)16-8-3-11-21(16)26(23,24)17-9-4-12-25-17/h1,4-5,7,9,12-13,16H,2-3,6,8,10-11H2,(H,20,22). The first-order chi connectivity index (χ1) is 12.5. The lowest BCUT2D eigenvalue weighted by atomic mass is 10.1. The molecule has 1 N–H and O–H groups in total. The van der Waals surface area contributed by atoms with Gasteiger partial charge in [-0.2, -0.15) is 4.31 Å². The molecule has 140 valence electrons. The van der Waals surface area contributed by atoms with Crippen LogP contribution in [0.25, 0.3) is 0 Å². The van der Waals surface area contributed by atoms with E-state index in [0.29, 0.717) is 30.1 Å². The summed E-state index contributed by atoms with van der Waals surface area (Å²) >= 11 is 4.63. The maximum absolute atomic E-state index is 12.7. The number of hydrogen-bond acceptors (Lipinski definition) is 4. The highest BCUT2D eigenvalue weighted by atomic mass is 79.9. The molecule has 26 heavy (non-hydrogen) atoms. The van der Waals surface area contributed by atoms with Crippen LogP contribution in [0.4, 0.5) is 0 Å². The molecule has 1 amide bonds. The molecule has 0 spiro atoms. The molecule has 1 saturated heterocycles. The second-order valence-electron chi connectivity index (χ2n) is 6.23. The van der Waals surface area contributed by atoms with Crippen LogP contribution < -0.4 is 5.32 Å². The zero-order valence-electron chi connectivity index (χ0n) is 14.2. The Morgan fingerprint density at radius 3 is 2.88 bits per heavy atom. The van der Waals surface area contributed by atoms with Crippen LogP contribution in [0, 0.1) is 0 Å². The van der Waals surface area contributed by atoms with Crippen LogP contribution in [0.2, 0.25) is 0 Å². The van der Waals surface area contributed by atoms with E-state index in [1.54, 1.807) is 17.5 Å². The van der Waals surface area contributed by atoms with Crippen molar-refractivity contribution in [3.63, 3.8) is 0 Å². The number of rotatable bonds is 7. The molecule has 8 heteroatoms. The topological polar surface area (TPSA) is 66.5 Å². The third-order valence-electron chi connectivity index (χ3n) is 4.39. The predicted octanol–water partition coefficient (Wildman–Crippen LogP) is 3.41. The Balaban J connectivity index is 1.54. The lowest BCUT2D eigenvalue weighted by molar-refractivity contribution is -0.124. The molecule has 5 nitrogen and oxygen atoms in total. The first-order valence-electron chi connectivity index (χ1n) is 8.56. The highest BCUT2D eigenvalue weighted by molar-refractivity contribution is 9.10. The van der Waals surface area contributed by atoms with Crippen molar-refractivity contribution in [2.24, 2.45) is 0 Å². The van der Waals surface area contributed by atoms with Gasteiger partial charge in [-0.3, -0.25) is 4.79 Å². The molecule has 1 unspecified atom stereocenters. The zero-order chi connectivity index (χ0) is 18.6. The summed E-state index contributed by atoms with van der Waals surface area (Å²) in [5.41, 5.74) is 1.20. The van der Waals surface area contributed by atoms with Crippen molar-refractivity contribution in [1.29, 1.82) is 0 Å². The number of carbonyl (C=O) groups excluding carboxylic acids is 1. The summed E-state index contributed by atoms with van der Waals surface area (Å²) in [7, 11) is -3.58. The maximum Gasteiger partial charge on any atom is 0.253 e. The van der Waals surface area contributed by atoms with Crippen LogP contribution in [-0.4, -0.2) is 37.8 Å². The molecule has 2 heterocycles. The van der Waals surface area contributed by atoms with Gasteiger partial charge in [-0.1, -0.05) is 34.1 Å². The number of hydrogen-bond donors (Lipinski definition) is 1. The minimum absolute atomic E-state index is 0.197. The smallest absolute Gasteiger partial charge is 0.253 e. The van der Waals surface area contributed by atoms with Crippen molar-refractivity contribution in [3.8, 4) is 0 Å². The SMILES string of the molecule is O=C(NCCCc1cccc(Br)c1)C1CCCN1S(=O)(=O)c1cccs1. The number of nitrogens with zero attached hydrogens (tertiary/aromatic N) is 1. The molecule has 1 aliphatic rings. The van der Waals surface area contributed by atoms with Crippen molar-refractivity contribution in [3.05, 3.63) is 51.8 Å². The van der Waals surface area contributed by atoms with Gasteiger partial charge in [0.05, 0.1) is 0 Å². The van der Waals surface area contributed by atoms with Gasteiger partial charge in [-0.05, 0) is 54.8 Å². The van der Waals surface area contributed by atoms with Gasteiger partial charge >= 0.3 is 0 Å². The van der Waals surface area contributed by atoms with Crippen LogP contribution in [0.15, 0.2) is 50.5 Å². The number of nitrogens with one attached hydrogen (secondary N) is 1. The Bertz CT molecular complexity index is 853. The van der Waals surface area contributed by atoms with Gasteiger partial charge in [0.2, 0.25) is 5.91 Å². The van der Waals surface area contributed by atoms with E-state index in [4.69, 9.17) is 0 Å². The average Bonchev–Trinajstić information content (AvgIpc) is 3.30. The fourth-order valence-electron chi connectivity index (χ4n) is 3.13. The Morgan fingerprint density at radius 1 is 1.31 bits per heavy atom. The molecule has 1 fully saturated rings. The van der Waals surface area contributed by atoms with Gasteiger partial charge in [0, 0.05) is 17.6 Å². The number of aryl methyl sites for hydroxylation is 1. The Hall–Kier alpha value is -1.22. The van der Waals surface area contributed by atoms with Gasteiger partial charge in [0.1, 0.15) is 10.3 Å². The first kappa shape index (κ1) is 19.5. The molecule has 0 bridgehead atoms. The summed E-state index contributed by atoms with van der Waals surface area (Å²) < 4.78 is 28.1. The van der Waals surface area contributed by atoms with Gasteiger partial charge in [-0.15, -0.1) is 11.3 Å². The van der Waals surface area contributed by atoms with E-state index < -0.39 is 16.1 Å². The first-order valence-corrected chi connectivity index (χ1v) is 11.7. The van der Waals surface area contributed by atoms with E-state index in [1.165, 1.54) is 21.2 Å². The van der Waals surface area contributed by atoms with E-state index in [-0.39, 0.29) is 5.91 Å². The molecule has 1 aromatic carbocycles. The molecule has 1 atom stereocenters. The molecule has 1 aromatic heterocycles. The van der Waals surface area contributed by atoms with Crippen LogP contribution >= 0.6 is 27.3 Å². The van der Waals surface area contributed by atoms with E-state index in [1.807, 2.05) is 12.1 Å². The minimum atomic E-state index is -3.58. The number of thiophene rings is 1. The minimum Gasteiger partial charge on any atom is -0.355 e. The average molecular weight is 457 g/mol. The summed E-state index contributed by atoms with van der Waals surface area (Å²) in [6.07, 6.45) is 2.96. The summed E-state index contributed by atoms with van der Waals surface area (Å²) in [6.45, 7) is 0.936. The molecule has 0 radical (unpaired) electrons. The molecule has 0 saturated carbocycles. The van der Waals surface area contributed by atoms with E-state index in [0.717, 1.165) is 17.3 Å². The van der Waals surface area contributed by atoms with Crippen molar-refractivity contribution in [2.45, 2.75) is 35.9 Å². The van der Waals surface area contributed by atoms with Crippen LogP contribution in [0.1, 0.15) is 24.8 Å². The summed E-state index contributed by atoms with van der Waals surface area (Å²) in [5.74, 6) is -0.197. The van der Waals surface area contributed by atoms with Crippen LogP contribution in [0.3, 0.4) is 0 Å². The Labute approximate surface area is 166 Å². The van der Waals surface area contributed by atoms with E-state index in [9.17, 15) is 13.2 Å². The third-order valence-corrected chi connectivity index (χ3v) is 8.17. The highest BCUT2D eigenvalue weighted by Crippen LogP contribution is 2.28. The fraction of sp³-hybridized carbons (Fsp3) is 0.389. The summed E-state index contributed by atoms with van der Waals surface area (Å²) in [4.78, 5) is 12.5. The van der Waals surface area contributed by atoms with Crippen molar-refractivity contribution >= 4 is 43.2 Å². The highest BCUT2D eigenvalue weighted by Gasteiger charge is 2.39. The lowest BCUT2D eigenvalue weighted by Gasteiger charge is -2.22. The van der Waals surface area contributed by atoms with Gasteiger partial charge < -0.3 is 5.32 Å². The Morgan fingerprint density at radius 2 is 2.15 bits per heavy atom. The van der Waals surface area contributed by atoms with Gasteiger partial charge in [0.15, 0.2) is 0 Å². The largest absolute Gasteiger partial charge is 0.355 e. The number of halogens is 1. The summed E-state index contributed by atoms with van der Waals surface area (Å²) in [5, 5.41) is 4.64. The normalized spacial score (nSPS) is 18.1. The molecule has 1 aliphatic heterocycles. The van der Waals surface area contributed by atoms with Gasteiger partial charge in [-0.25, -0.2) is 8.42 Å². The zero-order valence-corrected chi connectivity index (χ0v) is 17.4. The maximum atomic E-state index is 12.7. The van der Waals surface area contributed by atoms with Crippen LogP contribution in [0.5, 0.6) is 0 Å². The second-order valence-corrected chi connectivity index (χ2v) is 10.2. The monoisotopic (exact) mass is 456 g/mol. The van der Waals surface area contributed by atoms with Crippen molar-refractivity contribution in [2.75, 3.05) is 13.1 Å². The fourth-order valence-corrected chi connectivity index (χ4v) is 6.35. The quantitative estimate of drug-likeness (QED) is 0.649. The number of carbonyl (C=O) groups is 1. The molecular weight excluding hydrogens is 436 g/mol. The summed E-state index contributed by atoms with van der Waals surface area (Å²) in [6, 6.07) is 10.8. The Kier molecular flexibility index (Phi) is 6.50. The number of sulfonamides is 1. The van der Waals surface area contributed by atoms with Gasteiger partial charge in [0.25, 0.3) is 10.0 Å². The lowest BCUT2D eigenvalue weighted by Crippen LogP contribution is -2.45. The predicted molar refractivity (Wildman–Crippen MR) is 107 cm³/mol. The van der Waals surface area contributed by atoms with E-state index >= 15 is 0 Å². The van der Waals surface area contributed by atoms with Crippen molar-refractivity contribution in [1.82, 2.24) is 9.62 Å². The van der Waals surface area contributed by atoms with Crippen molar-refractivity contribution < 1.29 is 13.2 Å². The molecule has 0 aliphatic carbocycles. The molecule has 2 aromatic rings. The van der Waals surface area contributed by atoms with Crippen LogP contribution in [-0.2, 0) is 21.2 Å².